The van der Waals surface area contributed by atoms with Gasteiger partial charge in [0, 0.05) is 18.6 Å². The summed E-state index contributed by atoms with van der Waals surface area (Å²) < 4.78 is 1.69. The Balaban J connectivity index is 1.81. The molecule has 0 bridgehead atoms. The van der Waals surface area contributed by atoms with Gasteiger partial charge < -0.3 is 5.32 Å². The fourth-order valence-corrected chi connectivity index (χ4v) is 2.35. The largest absolute Gasteiger partial charge is 0.345 e. The number of fused-ring (bicyclic) bond motifs is 1. The average Bonchev–Trinajstić information content (AvgIpc) is 2.90. The molecule has 0 aliphatic carbocycles. The number of aromatic nitrogens is 3. The summed E-state index contributed by atoms with van der Waals surface area (Å²) in [5, 5.41) is 9.04. The molecule has 1 amide bonds. The number of hydrogen-bond donors (Lipinski definition) is 1. The molecular formula is C15H13ClN4O. The Bertz CT molecular complexity index is 812. The molecule has 5 nitrogen and oxygen atoms in total. The second-order valence-corrected chi connectivity index (χ2v) is 5.04. The van der Waals surface area contributed by atoms with Crippen molar-refractivity contribution in [2.45, 2.75) is 6.54 Å². The van der Waals surface area contributed by atoms with E-state index in [0.29, 0.717) is 17.4 Å². The Morgan fingerprint density at radius 1 is 1.33 bits per heavy atom. The normalized spacial score (nSPS) is 10.8. The van der Waals surface area contributed by atoms with E-state index in [0.717, 1.165) is 16.5 Å². The van der Waals surface area contributed by atoms with Crippen molar-refractivity contribution < 1.29 is 4.79 Å². The van der Waals surface area contributed by atoms with Crippen LogP contribution in [0.4, 0.5) is 0 Å². The second kappa shape index (κ2) is 5.54. The van der Waals surface area contributed by atoms with Crippen LogP contribution in [0.25, 0.3) is 10.8 Å². The molecule has 0 spiro atoms. The summed E-state index contributed by atoms with van der Waals surface area (Å²) in [7, 11) is 1.83. The zero-order chi connectivity index (χ0) is 14.8. The molecule has 0 aliphatic rings. The van der Waals surface area contributed by atoms with E-state index >= 15 is 0 Å². The number of carbonyl (C=O) groups excluding carboxylic acids is 1. The number of benzene rings is 1. The van der Waals surface area contributed by atoms with Gasteiger partial charge in [-0.25, -0.2) is 4.98 Å². The average molecular weight is 301 g/mol. The predicted octanol–water partition coefficient (Wildman–Crippen LogP) is 2.55. The van der Waals surface area contributed by atoms with Gasteiger partial charge in [-0.15, -0.1) is 0 Å². The predicted molar refractivity (Wildman–Crippen MR) is 81.1 cm³/mol. The van der Waals surface area contributed by atoms with E-state index in [1.165, 1.54) is 0 Å². The molecule has 0 fully saturated rings. The lowest BCUT2D eigenvalue weighted by atomic mass is 10.1. The van der Waals surface area contributed by atoms with Crippen LogP contribution < -0.4 is 5.32 Å². The van der Waals surface area contributed by atoms with Crippen molar-refractivity contribution in [3.63, 3.8) is 0 Å². The molecule has 6 heteroatoms. The van der Waals surface area contributed by atoms with Gasteiger partial charge in [0.25, 0.3) is 5.91 Å². The zero-order valence-corrected chi connectivity index (χ0v) is 12.1. The van der Waals surface area contributed by atoms with E-state index < -0.39 is 0 Å². The van der Waals surface area contributed by atoms with E-state index in [2.05, 4.69) is 15.4 Å². The summed E-state index contributed by atoms with van der Waals surface area (Å²) in [6, 6.07) is 11.1. The number of aryl methyl sites for hydroxylation is 1. The number of carbonyl (C=O) groups is 1. The maximum atomic E-state index is 12.2. The van der Waals surface area contributed by atoms with Crippen LogP contribution in [-0.4, -0.2) is 20.7 Å². The van der Waals surface area contributed by atoms with Gasteiger partial charge in [-0.3, -0.25) is 9.48 Å². The first-order valence-corrected chi connectivity index (χ1v) is 6.83. The van der Waals surface area contributed by atoms with Gasteiger partial charge in [-0.1, -0.05) is 35.9 Å². The highest BCUT2D eigenvalue weighted by atomic mass is 35.5. The molecule has 1 N–H and O–H groups in total. The molecule has 3 aromatic rings. The molecule has 2 aromatic heterocycles. The quantitative estimate of drug-likeness (QED) is 0.756. The second-order valence-electron chi connectivity index (χ2n) is 4.68. The van der Waals surface area contributed by atoms with Crippen molar-refractivity contribution >= 4 is 28.3 Å². The topological polar surface area (TPSA) is 59.8 Å². The molecule has 0 aliphatic heterocycles. The summed E-state index contributed by atoms with van der Waals surface area (Å²) in [6.07, 6.45) is 1.83. The van der Waals surface area contributed by atoms with Crippen molar-refractivity contribution in [1.82, 2.24) is 20.1 Å². The first-order valence-electron chi connectivity index (χ1n) is 6.45. The van der Waals surface area contributed by atoms with Gasteiger partial charge in [0.1, 0.15) is 10.8 Å². The van der Waals surface area contributed by atoms with Crippen molar-refractivity contribution in [2.75, 3.05) is 0 Å². The minimum atomic E-state index is -0.270. The molecule has 1 aromatic carbocycles. The molecule has 3 rings (SSSR count). The van der Waals surface area contributed by atoms with Crippen LogP contribution in [0.1, 0.15) is 16.2 Å². The van der Waals surface area contributed by atoms with Gasteiger partial charge in [0.2, 0.25) is 0 Å². The molecule has 106 valence electrons. The number of halogens is 1. The third-order valence-electron chi connectivity index (χ3n) is 3.13. The number of amides is 1. The third-order valence-corrected chi connectivity index (χ3v) is 3.41. The van der Waals surface area contributed by atoms with E-state index in [1.54, 1.807) is 10.7 Å². The maximum Gasteiger partial charge on any atom is 0.270 e. The Hall–Kier alpha value is -2.40. The van der Waals surface area contributed by atoms with Crippen LogP contribution in [0, 0.1) is 0 Å². The molecule has 0 unspecified atom stereocenters. The van der Waals surface area contributed by atoms with Gasteiger partial charge in [0.05, 0.1) is 12.2 Å². The number of hydrogen-bond acceptors (Lipinski definition) is 3. The van der Waals surface area contributed by atoms with E-state index in [-0.39, 0.29) is 5.91 Å². The van der Waals surface area contributed by atoms with Gasteiger partial charge in [-0.2, -0.15) is 5.10 Å². The number of rotatable bonds is 3. The fraction of sp³-hybridized carbons (Fsp3) is 0.133. The van der Waals surface area contributed by atoms with Crippen LogP contribution in [0.15, 0.2) is 42.6 Å². The third kappa shape index (κ3) is 2.87. The van der Waals surface area contributed by atoms with Crippen molar-refractivity contribution in [2.24, 2.45) is 7.05 Å². The molecule has 0 saturated carbocycles. The number of nitrogens with one attached hydrogen (secondary N) is 1. The van der Waals surface area contributed by atoms with E-state index in [9.17, 15) is 4.79 Å². The summed E-state index contributed by atoms with van der Waals surface area (Å²) in [6.45, 7) is 0.353. The maximum absolute atomic E-state index is 12.2. The summed E-state index contributed by atoms with van der Waals surface area (Å²) >= 11 is 6.12. The molecule has 21 heavy (non-hydrogen) atoms. The first kappa shape index (κ1) is 13.6. The van der Waals surface area contributed by atoms with Crippen LogP contribution in [0.2, 0.25) is 5.15 Å². The van der Waals surface area contributed by atoms with Crippen LogP contribution in [0.5, 0.6) is 0 Å². The standard InChI is InChI=1S/C15H13ClN4O/c1-20-7-6-11(19-20)9-17-15(21)13-8-10-4-2-3-5-12(10)14(16)18-13/h2-8H,9H2,1H3,(H,17,21). The minimum absolute atomic E-state index is 0.270. The molecule has 0 atom stereocenters. The van der Waals surface area contributed by atoms with E-state index in [1.807, 2.05) is 43.6 Å². The fourth-order valence-electron chi connectivity index (χ4n) is 2.09. The van der Waals surface area contributed by atoms with Crippen molar-refractivity contribution in [3.05, 3.63) is 59.1 Å². The van der Waals surface area contributed by atoms with Crippen molar-refractivity contribution in [3.8, 4) is 0 Å². The number of nitrogens with zero attached hydrogens (tertiary/aromatic N) is 3. The lowest BCUT2D eigenvalue weighted by molar-refractivity contribution is 0.0945. The zero-order valence-electron chi connectivity index (χ0n) is 11.4. The smallest absolute Gasteiger partial charge is 0.270 e. The molecule has 0 saturated heterocycles. The molecule has 0 radical (unpaired) electrons. The highest BCUT2D eigenvalue weighted by Crippen LogP contribution is 2.22. The van der Waals surface area contributed by atoms with Crippen LogP contribution in [-0.2, 0) is 13.6 Å². The SMILES string of the molecule is Cn1ccc(CNC(=O)c2cc3ccccc3c(Cl)n2)n1. The monoisotopic (exact) mass is 300 g/mol. The summed E-state index contributed by atoms with van der Waals surface area (Å²) in [4.78, 5) is 16.3. The van der Waals surface area contributed by atoms with Gasteiger partial charge in [-0.05, 0) is 17.5 Å². The summed E-state index contributed by atoms with van der Waals surface area (Å²) in [5.41, 5.74) is 1.09. The Morgan fingerprint density at radius 3 is 2.90 bits per heavy atom. The van der Waals surface area contributed by atoms with Crippen LogP contribution >= 0.6 is 11.6 Å². The van der Waals surface area contributed by atoms with Crippen LogP contribution in [0.3, 0.4) is 0 Å². The Labute approximate surface area is 126 Å². The van der Waals surface area contributed by atoms with Gasteiger partial charge in [0.15, 0.2) is 0 Å². The first-order chi connectivity index (χ1) is 10.1. The highest BCUT2D eigenvalue weighted by molar-refractivity contribution is 6.34. The van der Waals surface area contributed by atoms with E-state index in [4.69, 9.17) is 11.6 Å². The van der Waals surface area contributed by atoms with Crippen molar-refractivity contribution in [1.29, 1.82) is 0 Å². The number of pyridine rings is 1. The summed E-state index contributed by atoms with van der Waals surface area (Å²) in [5.74, 6) is -0.270. The highest BCUT2D eigenvalue weighted by Gasteiger charge is 2.11. The Morgan fingerprint density at radius 2 is 2.14 bits per heavy atom. The molecular weight excluding hydrogens is 288 g/mol. The lowest BCUT2D eigenvalue weighted by Crippen LogP contribution is -2.24. The lowest BCUT2D eigenvalue weighted by Gasteiger charge is -2.06. The molecule has 2 heterocycles. The minimum Gasteiger partial charge on any atom is -0.345 e. The van der Waals surface area contributed by atoms with Gasteiger partial charge >= 0.3 is 0 Å². The Kier molecular flexibility index (Phi) is 3.58.